The van der Waals surface area contributed by atoms with E-state index < -0.39 is 0 Å². The number of ether oxygens (including phenoxy) is 2. The topological polar surface area (TPSA) is 59.6 Å². The van der Waals surface area contributed by atoms with Crippen molar-refractivity contribution in [2.24, 2.45) is 5.92 Å². The number of rotatable bonds is 7. The van der Waals surface area contributed by atoms with Gasteiger partial charge in [0.1, 0.15) is 5.75 Å². The molecule has 2 N–H and O–H groups in total. The summed E-state index contributed by atoms with van der Waals surface area (Å²) in [6, 6.07) is 5.86. The number of fused-ring (bicyclic) bond motifs is 1. The summed E-state index contributed by atoms with van der Waals surface area (Å²) in [5.74, 6) is 1.46. The van der Waals surface area contributed by atoms with Gasteiger partial charge in [-0.05, 0) is 36.5 Å². The summed E-state index contributed by atoms with van der Waals surface area (Å²) in [6.45, 7) is 3.36. The molecule has 0 spiro atoms. The average Bonchev–Trinajstić information content (AvgIpc) is 3.26. The van der Waals surface area contributed by atoms with Gasteiger partial charge in [-0.15, -0.1) is 0 Å². The molecule has 5 heteroatoms. The molecule has 0 radical (unpaired) electrons. The first-order valence-electron chi connectivity index (χ1n) is 7.15. The molecule has 20 heavy (non-hydrogen) atoms. The van der Waals surface area contributed by atoms with Crippen LogP contribution in [0.3, 0.4) is 0 Å². The zero-order chi connectivity index (χ0) is 13.8. The Balaban J connectivity index is 1.40. The fourth-order valence-corrected chi connectivity index (χ4v) is 2.15. The van der Waals surface area contributed by atoms with E-state index in [4.69, 9.17) is 9.47 Å². The first kappa shape index (κ1) is 13.4. The summed E-state index contributed by atoms with van der Waals surface area (Å²) in [7, 11) is 0. The average molecular weight is 276 g/mol. The van der Waals surface area contributed by atoms with Gasteiger partial charge in [-0.1, -0.05) is 6.07 Å². The Kier molecular flexibility index (Phi) is 4.18. The van der Waals surface area contributed by atoms with Gasteiger partial charge in [-0.3, -0.25) is 4.79 Å². The van der Waals surface area contributed by atoms with Crippen molar-refractivity contribution in [1.82, 2.24) is 5.32 Å². The monoisotopic (exact) mass is 276 g/mol. The Labute approximate surface area is 118 Å². The molecule has 1 amide bonds. The van der Waals surface area contributed by atoms with Gasteiger partial charge < -0.3 is 20.1 Å². The lowest BCUT2D eigenvalue weighted by atomic mass is 10.1. The Morgan fingerprint density at radius 1 is 1.40 bits per heavy atom. The maximum atomic E-state index is 11.3. The molecule has 2 aliphatic rings. The second-order valence-electron chi connectivity index (χ2n) is 5.36. The quantitative estimate of drug-likeness (QED) is 0.742. The minimum atomic E-state index is -0.101. The van der Waals surface area contributed by atoms with Crippen molar-refractivity contribution < 1.29 is 14.3 Å². The Bertz CT molecular complexity index is 486. The predicted molar refractivity (Wildman–Crippen MR) is 75.8 cm³/mol. The SMILES string of the molecule is O=C1COc2ccc(CNCCOCC3CC3)cc2N1. The van der Waals surface area contributed by atoms with Gasteiger partial charge in [0.2, 0.25) is 0 Å². The van der Waals surface area contributed by atoms with E-state index in [1.54, 1.807) is 0 Å². The molecule has 1 fully saturated rings. The highest BCUT2D eigenvalue weighted by atomic mass is 16.5. The van der Waals surface area contributed by atoms with Crippen molar-refractivity contribution in [2.75, 3.05) is 31.7 Å². The predicted octanol–water partition coefficient (Wildman–Crippen LogP) is 1.53. The summed E-state index contributed by atoms with van der Waals surface area (Å²) in [5.41, 5.74) is 1.88. The van der Waals surface area contributed by atoms with E-state index in [0.717, 1.165) is 49.2 Å². The van der Waals surface area contributed by atoms with Crippen LogP contribution in [0.1, 0.15) is 18.4 Å². The number of carbonyl (C=O) groups excluding carboxylic acids is 1. The molecule has 1 aromatic rings. The highest BCUT2D eigenvalue weighted by Gasteiger charge is 2.20. The second kappa shape index (κ2) is 6.24. The van der Waals surface area contributed by atoms with Crippen LogP contribution in [0.25, 0.3) is 0 Å². The van der Waals surface area contributed by atoms with Gasteiger partial charge in [0.05, 0.1) is 12.3 Å². The Hall–Kier alpha value is -1.59. The van der Waals surface area contributed by atoms with Crippen LogP contribution in [0.2, 0.25) is 0 Å². The van der Waals surface area contributed by atoms with Crippen LogP contribution in [0, 0.1) is 5.92 Å². The van der Waals surface area contributed by atoms with E-state index in [1.165, 1.54) is 12.8 Å². The van der Waals surface area contributed by atoms with Crippen LogP contribution in [-0.4, -0.2) is 32.3 Å². The molecule has 0 atom stereocenters. The molecular formula is C15H20N2O3. The van der Waals surface area contributed by atoms with E-state index in [0.29, 0.717) is 0 Å². The van der Waals surface area contributed by atoms with E-state index in [1.807, 2.05) is 18.2 Å². The van der Waals surface area contributed by atoms with Crippen LogP contribution < -0.4 is 15.4 Å². The molecule has 0 aromatic heterocycles. The van der Waals surface area contributed by atoms with Crippen molar-refractivity contribution in [3.8, 4) is 5.75 Å². The number of anilines is 1. The zero-order valence-corrected chi connectivity index (χ0v) is 11.5. The number of carbonyl (C=O) groups is 1. The minimum Gasteiger partial charge on any atom is -0.482 e. The van der Waals surface area contributed by atoms with E-state index in [9.17, 15) is 4.79 Å². The first-order chi connectivity index (χ1) is 9.81. The molecule has 1 aromatic carbocycles. The summed E-state index contributed by atoms with van der Waals surface area (Å²) in [4.78, 5) is 11.3. The minimum absolute atomic E-state index is 0.100. The number of hydrogen-bond acceptors (Lipinski definition) is 4. The lowest BCUT2D eigenvalue weighted by Gasteiger charge is -2.18. The summed E-state index contributed by atoms with van der Waals surface area (Å²) in [5, 5.41) is 6.15. The third kappa shape index (κ3) is 3.71. The third-order valence-electron chi connectivity index (χ3n) is 3.48. The van der Waals surface area contributed by atoms with Gasteiger partial charge in [0.25, 0.3) is 5.91 Å². The molecule has 108 valence electrons. The number of nitrogens with one attached hydrogen (secondary N) is 2. The highest BCUT2D eigenvalue weighted by Crippen LogP contribution is 2.29. The fraction of sp³-hybridized carbons (Fsp3) is 0.533. The Morgan fingerprint density at radius 2 is 2.30 bits per heavy atom. The van der Waals surface area contributed by atoms with Crippen LogP contribution in [-0.2, 0) is 16.1 Å². The molecule has 0 bridgehead atoms. The van der Waals surface area contributed by atoms with Crippen molar-refractivity contribution in [3.05, 3.63) is 23.8 Å². The lowest BCUT2D eigenvalue weighted by molar-refractivity contribution is -0.118. The van der Waals surface area contributed by atoms with Gasteiger partial charge in [-0.2, -0.15) is 0 Å². The highest BCUT2D eigenvalue weighted by molar-refractivity contribution is 5.95. The molecule has 3 rings (SSSR count). The normalized spacial score (nSPS) is 17.3. The summed E-state index contributed by atoms with van der Waals surface area (Å²) in [6.07, 6.45) is 2.66. The second-order valence-corrected chi connectivity index (χ2v) is 5.36. The third-order valence-corrected chi connectivity index (χ3v) is 3.48. The number of amides is 1. The van der Waals surface area contributed by atoms with Crippen molar-refractivity contribution in [2.45, 2.75) is 19.4 Å². The molecule has 0 saturated heterocycles. The van der Waals surface area contributed by atoms with Crippen LogP contribution in [0.15, 0.2) is 18.2 Å². The fourth-order valence-electron chi connectivity index (χ4n) is 2.15. The molecule has 1 aliphatic carbocycles. The van der Waals surface area contributed by atoms with Gasteiger partial charge in [0, 0.05) is 19.7 Å². The number of hydrogen-bond donors (Lipinski definition) is 2. The molecule has 1 heterocycles. The molecular weight excluding hydrogens is 256 g/mol. The lowest BCUT2D eigenvalue weighted by Crippen LogP contribution is -2.25. The maximum Gasteiger partial charge on any atom is 0.262 e. The molecule has 1 saturated carbocycles. The standard InChI is InChI=1S/C15H20N2O3/c18-15-10-20-14-4-3-12(7-13(14)17-15)8-16-5-6-19-9-11-1-2-11/h3-4,7,11,16H,1-2,5-6,8-10H2,(H,17,18). The molecule has 0 unspecified atom stereocenters. The van der Waals surface area contributed by atoms with Crippen molar-refractivity contribution >= 4 is 11.6 Å². The molecule has 5 nitrogen and oxygen atoms in total. The van der Waals surface area contributed by atoms with Crippen LogP contribution >= 0.6 is 0 Å². The summed E-state index contributed by atoms with van der Waals surface area (Å²) >= 11 is 0. The number of benzene rings is 1. The van der Waals surface area contributed by atoms with Crippen LogP contribution in [0.4, 0.5) is 5.69 Å². The van der Waals surface area contributed by atoms with Gasteiger partial charge >= 0.3 is 0 Å². The van der Waals surface area contributed by atoms with Crippen molar-refractivity contribution in [1.29, 1.82) is 0 Å². The van der Waals surface area contributed by atoms with Crippen molar-refractivity contribution in [3.63, 3.8) is 0 Å². The van der Waals surface area contributed by atoms with Gasteiger partial charge in [0.15, 0.2) is 6.61 Å². The van der Waals surface area contributed by atoms with E-state index in [-0.39, 0.29) is 12.5 Å². The Morgan fingerprint density at radius 3 is 3.15 bits per heavy atom. The van der Waals surface area contributed by atoms with E-state index in [2.05, 4.69) is 10.6 Å². The smallest absolute Gasteiger partial charge is 0.262 e. The zero-order valence-electron chi connectivity index (χ0n) is 11.5. The van der Waals surface area contributed by atoms with E-state index >= 15 is 0 Å². The largest absolute Gasteiger partial charge is 0.482 e. The van der Waals surface area contributed by atoms with Crippen LogP contribution in [0.5, 0.6) is 5.75 Å². The van der Waals surface area contributed by atoms with Gasteiger partial charge in [-0.25, -0.2) is 0 Å². The summed E-state index contributed by atoms with van der Waals surface area (Å²) < 4.78 is 10.9. The molecule has 1 aliphatic heterocycles. The maximum absolute atomic E-state index is 11.3. The first-order valence-corrected chi connectivity index (χ1v) is 7.15.